The minimum absolute atomic E-state index is 0.0330. The maximum atomic E-state index is 11.8. The lowest BCUT2D eigenvalue weighted by Gasteiger charge is -2.11. The number of nitrogens with one attached hydrogen (secondary N) is 1. The van der Waals surface area contributed by atoms with Crippen LogP contribution in [0.1, 0.15) is 6.42 Å². The number of methoxy groups -OCH3 is 1. The molecule has 0 saturated heterocycles. The first kappa shape index (κ1) is 13.8. The summed E-state index contributed by atoms with van der Waals surface area (Å²) < 4.78 is 41.2. The summed E-state index contributed by atoms with van der Waals surface area (Å²) in [6, 6.07) is 3.06. The molecule has 0 fully saturated rings. The number of hydrogen-bond donors (Lipinski definition) is 2. The third-order valence-corrected chi connectivity index (χ3v) is 3.93. The van der Waals surface area contributed by atoms with Crippen molar-refractivity contribution >= 4 is 21.4 Å². The predicted molar refractivity (Wildman–Crippen MR) is 70.9 cm³/mol. The highest BCUT2D eigenvalue weighted by atomic mass is 32.2. The number of rotatable bonds is 6. The molecule has 3 N–H and O–H groups in total. The van der Waals surface area contributed by atoms with E-state index in [-0.39, 0.29) is 12.5 Å². The average Bonchev–Trinajstić information content (AvgIpc) is 2.76. The van der Waals surface area contributed by atoms with Crippen molar-refractivity contribution in [3.05, 3.63) is 12.1 Å². The summed E-state index contributed by atoms with van der Waals surface area (Å²) in [4.78, 5) is 0. The fraction of sp³-hybridized carbons (Fsp3) is 0.455. The summed E-state index contributed by atoms with van der Waals surface area (Å²) in [7, 11) is -1.93. The molecule has 0 saturated carbocycles. The molecular formula is C11H16N2O5S. The molecule has 0 aliphatic carbocycles. The van der Waals surface area contributed by atoms with Gasteiger partial charge < -0.3 is 19.9 Å². The van der Waals surface area contributed by atoms with Crippen molar-refractivity contribution in [2.24, 2.45) is 0 Å². The van der Waals surface area contributed by atoms with Crippen molar-refractivity contribution in [1.29, 1.82) is 0 Å². The highest BCUT2D eigenvalue weighted by Gasteiger charge is 2.19. The number of nitrogen functional groups attached to an aromatic ring is 1. The quantitative estimate of drug-likeness (QED) is 0.592. The highest BCUT2D eigenvalue weighted by molar-refractivity contribution is 7.92. The molecule has 0 bridgehead atoms. The molecule has 2 rings (SSSR count). The smallest absolute Gasteiger partial charge is 0.232 e. The van der Waals surface area contributed by atoms with Gasteiger partial charge in [-0.05, 0) is 6.42 Å². The van der Waals surface area contributed by atoms with E-state index < -0.39 is 10.0 Å². The summed E-state index contributed by atoms with van der Waals surface area (Å²) in [5, 5.41) is 0. The topological polar surface area (TPSA) is 99.9 Å². The van der Waals surface area contributed by atoms with Gasteiger partial charge in [-0.3, -0.25) is 4.72 Å². The van der Waals surface area contributed by atoms with Crippen LogP contribution in [0.15, 0.2) is 12.1 Å². The molecule has 1 aliphatic rings. The van der Waals surface area contributed by atoms with E-state index >= 15 is 0 Å². The van der Waals surface area contributed by atoms with Gasteiger partial charge in [0.15, 0.2) is 11.5 Å². The number of nitrogens with two attached hydrogens (primary N) is 1. The maximum Gasteiger partial charge on any atom is 0.232 e. The lowest BCUT2D eigenvalue weighted by atomic mass is 10.2. The Bertz CT molecular complexity index is 558. The Morgan fingerprint density at radius 2 is 2.05 bits per heavy atom. The second-order valence-electron chi connectivity index (χ2n) is 4.06. The van der Waals surface area contributed by atoms with Crippen LogP contribution in [0.3, 0.4) is 0 Å². The summed E-state index contributed by atoms with van der Waals surface area (Å²) in [5.74, 6) is 0.956. The molecule has 1 aromatic carbocycles. The third kappa shape index (κ3) is 3.42. The summed E-state index contributed by atoms with van der Waals surface area (Å²) in [6.07, 6.45) is 0.413. The standard InChI is InChI=1S/C11H16N2O5S/c1-16-3-2-4-19(14,15)13-9-6-11-10(5-8(9)12)17-7-18-11/h5-6,13H,2-4,7,12H2,1H3. The van der Waals surface area contributed by atoms with Crippen LogP contribution in [0.4, 0.5) is 11.4 Å². The molecule has 0 amide bonds. The second-order valence-corrected chi connectivity index (χ2v) is 5.90. The summed E-state index contributed by atoms with van der Waals surface area (Å²) in [6.45, 7) is 0.496. The Morgan fingerprint density at radius 1 is 1.37 bits per heavy atom. The van der Waals surface area contributed by atoms with Crippen LogP contribution >= 0.6 is 0 Å². The first-order valence-electron chi connectivity index (χ1n) is 5.70. The van der Waals surface area contributed by atoms with Crippen molar-refractivity contribution in [3.63, 3.8) is 0 Å². The van der Waals surface area contributed by atoms with Gasteiger partial charge in [-0.2, -0.15) is 0 Å². The van der Waals surface area contributed by atoms with Crippen molar-refractivity contribution < 1.29 is 22.6 Å². The van der Waals surface area contributed by atoms with E-state index in [0.717, 1.165) is 0 Å². The van der Waals surface area contributed by atoms with Gasteiger partial charge in [0.25, 0.3) is 0 Å². The zero-order valence-electron chi connectivity index (χ0n) is 10.5. The van der Waals surface area contributed by atoms with Crippen LogP contribution in [0.2, 0.25) is 0 Å². The molecule has 1 heterocycles. The molecule has 0 radical (unpaired) electrons. The van der Waals surface area contributed by atoms with E-state index in [4.69, 9.17) is 19.9 Å². The highest BCUT2D eigenvalue weighted by Crippen LogP contribution is 2.38. The molecule has 19 heavy (non-hydrogen) atoms. The monoisotopic (exact) mass is 288 g/mol. The van der Waals surface area contributed by atoms with Gasteiger partial charge in [-0.15, -0.1) is 0 Å². The first-order valence-corrected chi connectivity index (χ1v) is 7.35. The zero-order valence-corrected chi connectivity index (χ0v) is 11.3. The van der Waals surface area contributed by atoms with Gasteiger partial charge in [-0.1, -0.05) is 0 Å². The Labute approximate surface area is 111 Å². The SMILES string of the molecule is COCCCS(=O)(=O)Nc1cc2c(cc1N)OCO2. The molecule has 106 valence electrons. The number of ether oxygens (including phenoxy) is 3. The molecule has 0 spiro atoms. The minimum Gasteiger partial charge on any atom is -0.454 e. The van der Waals surface area contributed by atoms with Crippen molar-refractivity contribution in [3.8, 4) is 11.5 Å². The first-order chi connectivity index (χ1) is 9.02. The lowest BCUT2D eigenvalue weighted by molar-refractivity contribution is 0.174. The number of hydrogen-bond acceptors (Lipinski definition) is 6. The molecule has 0 aromatic heterocycles. The van der Waals surface area contributed by atoms with Gasteiger partial charge >= 0.3 is 0 Å². The van der Waals surface area contributed by atoms with E-state index in [2.05, 4.69) is 4.72 Å². The van der Waals surface area contributed by atoms with Crippen molar-refractivity contribution in [2.75, 3.05) is 36.7 Å². The maximum absolute atomic E-state index is 11.8. The second kappa shape index (κ2) is 5.54. The molecule has 1 aromatic rings. The predicted octanol–water partition coefficient (Wildman–Crippen LogP) is 0.776. The third-order valence-electron chi connectivity index (χ3n) is 2.57. The van der Waals surface area contributed by atoms with Gasteiger partial charge in [-0.25, -0.2) is 8.42 Å². The van der Waals surface area contributed by atoms with Crippen LogP contribution in [0.25, 0.3) is 0 Å². The van der Waals surface area contributed by atoms with Gasteiger partial charge in [0.1, 0.15) is 0 Å². The van der Waals surface area contributed by atoms with Gasteiger partial charge in [0.05, 0.1) is 17.1 Å². The van der Waals surface area contributed by atoms with Crippen LogP contribution in [0, 0.1) is 0 Å². The molecule has 1 aliphatic heterocycles. The van der Waals surface area contributed by atoms with Crippen LogP contribution in [-0.4, -0.2) is 34.7 Å². The molecular weight excluding hydrogens is 272 g/mol. The van der Waals surface area contributed by atoms with E-state index in [1.54, 1.807) is 0 Å². The van der Waals surface area contributed by atoms with Crippen molar-refractivity contribution in [2.45, 2.75) is 6.42 Å². The molecule has 0 unspecified atom stereocenters. The van der Waals surface area contributed by atoms with E-state index in [9.17, 15) is 8.42 Å². The summed E-state index contributed by atoms with van der Waals surface area (Å²) in [5.41, 5.74) is 6.35. The van der Waals surface area contributed by atoms with Gasteiger partial charge in [0, 0.05) is 25.8 Å². The fourth-order valence-electron chi connectivity index (χ4n) is 1.66. The Kier molecular flexibility index (Phi) is 4.01. The minimum atomic E-state index is -3.45. The number of sulfonamides is 1. The number of anilines is 2. The molecule has 7 nitrogen and oxygen atoms in total. The lowest BCUT2D eigenvalue weighted by Crippen LogP contribution is -2.18. The van der Waals surface area contributed by atoms with Gasteiger partial charge in [0.2, 0.25) is 16.8 Å². The van der Waals surface area contributed by atoms with E-state index in [1.807, 2.05) is 0 Å². The van der Waals surface area contributed by atoms with Crippen LogP contribution in [-0.2, 0) is 14.8 Å². The Balaban J connectivity index is 2.10. The van der Waals surface area contributed by atoms with E-state index in [1.165, 1.54) is 19.2 Å². The fourth-order valence-corrected chi connectivity index (χ4v) is 2.77. The van der Waals surface area contributed by atoms with E-state index in [0.29, 0.717) is 35.9 Å². The number of fused-ring (bicyclic) bond motifs is 1. The Morgan fingerprint density at radius 3 is 2.74 bits per heavy atom. The van der Waals surface area contributed by atoms with Crippen LogP contribution in [0.5, 0.6) is 11.5 Å². The largest absolute Gasteiger partial charge is 0.454 e. The zero-order chi connectivity index (χ0) is 13.9. The molecule has 8 heteroatoms. The Hall–Kier alpha value is -1.67. The van der Waals surface area contributed by atoms with Crippen LogP contribution < -0.4 is 19.9 Å². The molecule has 0 atom stereocenters. The summed E-state index contributed by atoms with van der Waals surface area (Å²) >= 11 is 0. The number of benzene rings is 1. The normalized spacial score (nSPS) is 13.5. The average molecular weight is 288 g/mol. The van der Waals surface area contributed by atoms with Crippen molar-refractivity contribution in [1.82, 2.24) is 0 Å².